The highest BCUT2D eigenvalue weighted by Gasteiger charge is 2.25. The number of nitrogens with zero attached hydrogens (tertiary/aromatic N) is 2. The van der Waals surface area contributed by atoms with E-state index in [1.807, 2.05) is 26.0 Å². The van der Waals surface area contributed by atoms with E-state index in [4.69, 9.17) is 4.42 Å². The summed E-state index contributed by atoms with van der Waals surface area (Å²) in [5.41, 5.74) is 1.15. The van der Waals surface area contributed by atoms with Crippen LogP contribution in [-0.4, -0.2) is 16.5 Å². The van der Waals surface area contributed by atoms with Crippen LogP contribution in [0.15, 0.2) is 22.7 Å². The SMILES string of the molecule is CCNC(C)(C)c1nc2ncccc2o1. The fourth-order valence-corrected chi connectivity index (χ4v) is 1.55. The van der Waals surface area contributed by atoms with Gasteiger partial charge < -0.3 is 9.73 Å². The first-order chi connectivity index (χ1) is 7.13. The van der Waals surface area contributed by atoms with E-state index < -0.39 is 0 Å². The van der Waals surface area contributed by atoms with Crippen LogP contribution in [0.3, 0.4) is 0 Å². The molecule has 0 spiro atoms. The highest BCUT2D eigenvalue weighted by molar-refractivity contribution is 5.67. The maximum atomic E-state index is 5.65. The van der Waals surface area contributed by atoms with Crippen LogP contribution < -0.4 is 5.32 Å². The molecule has 0 atom stereocenters. The molecule has 0 fully saturated rings. The Bertz CT molecular complexity index is 429. The van der Waals surface area contributed by atoms with E-state index in [0.29, 0.717) is 11.5 Å². The average Bonchev–Trinajstić information content (AvgIpc) is 2.61. The number of aromatic nitrogens is 2. The van der Waals surface area contributed by atoms with E-state index in [2.05, 4.69) is 22.2 Å². The van der Waals surface area contributed by atoms with E-state index in [1.165, 1.54) is 0 Å². The van der Waals surface area contributed by atoms with Crippen LogP contribution in [0.1, 0.15) is 26.7 Å². The molecule has 0 radical (unpaired) electrons. The van der Waals surface area contributed by atoms with Gasteiger partial charge in [0.05, 0.1) is 5.54 Å². The molecule has 4 heteroatoms. The maximum absolute atomic E-state index is 5.65. The summed E-state index contributed by atoms with van der Waals surface area (Å²) in [6.07, 6.45) is 1.72. The van der Waals surface area contributed by atoms with Crippen molar-refractivity contribution in [3.8, 4) is 0 Å². The number of hydrogen-bond donors (Lipinski definition) is 1. The van der Waals surface area contributed by atoms with Gasteiger partial charge in [-0.25, -0.2) is 4.98 Å². The Balaban J connectivity index is 2.44. The summed E-state index contributed by atoms with van der Waals surface area (Å²) in [5, 5.41) is 3.32. The Morgan fingerprint density at radius 3 is 2.93 bits per heavy atom. The molecular formula is C11H15N3O. The zero-order valence-corrected chi connectivity index (χ0v) is 9.24. The topological polar surface area (TPSA) is 51.0 Å². The van der Waals surface area contributed by atoms with Crippen LogP contribution in [0, 0.1) is 0 Å². The predicted molar refractivity (Wildman–Crippen MR) is 58.5 cm³/mol. The lowest BCUT2D eigenvalue weighted by Gasteiger charge is -2.21. The van der Waals surface area contributed by atoms with Gasteiger partial charge in [0.2, 0.25) is 5.89 Å². The van der Waals surface area contributed by atoms with Crippen LogP contribution in [0.4, 0.5) is 0 Å². The normalized spacial score (nSPS) is 12.2. The smallest absolute Gasteiger partial charge is 0.216 e. The molecule has 2 aromatic rings. The number of rotatable bonds is 3. The standard InChI is InChI=1S/C11H15N3O/c1-4-13-11(2,3)10-14-9-8(15-10)6-5-7-12-9/h5-7,13H,4H2,1-3H3. The summed E-state index contributed by atoms with van der Waals surface area (Å²) < 4.78 is 5.65. The Morgan fingerprint density at radius 2 is 2.27 bits per heavy atom. The zero-order valence-electron chi connectivity index (χ0n) is 9.24. The van der Waals surface area contributed by atoms with Crippen molar-refractivity contribution in [3.05, 3.63) is 24.2 Å². The Kier molecular flexibility index (Phi) is 2.44. The Morgan fingerprint density at radius 1 is 1.47 bits per heavy atom. The molecule has 0 aromatic carbocycles. The Labute approximate surface area is 88.7 Å². The monoisotopic (exact) mass is 205 g/mol. The molecule has 1 N–H and O–H groups in total. The van der Waals surface area contributed by atoms with Crippen molar-refractivity contribution in [2.75, 3.05) is 6.54 Å². The second-order valence-corrected chi connectivity index (χ2v) is 4.00. The van der Waals surface area contributed by atoms with Crippen molar-refractivity contribution in [2.24, 2.45) is 0 Å². The third-order valence-corrected chi connectivity index (χ3v) is 2.32. The number of fused-ring (bicyclic) bond motifs is 1. The van der Waals surface area contributed by atoms with Crippen LogP contribution in [0.25, 0.3) is 11.2 Å². The van der Waals surface area contributed by atoms with Crippen LogP contribution in [0.2, 0.25) is 0 Å². The molecule has 2 aromatic heterocycles. The van der Waals surface area contributed by atoms with Crippen LogP contribution >= 0.6 is 0 Å². The molecule has 0 saturated carbocycles. The lowest BCUT2D eigenvalue weighted by Crippen LogP contribution is -2.36. The molecule has 2 heterocycles. The van der Waals surface area contributed by atoms with Crippen molar-refractivity contribution in [2.45, 2.75) is 26.3 Å². The molecule has 0 bridgehead atoms. The Hall–Kier alpha value is -1.42. The van der Waals surface area contributed by atoms with Crippen molar-refractivity contribution >= 4 is 11.2 Å². The summed E-state index contributed by atoms with van der Waals surface area (Å²) in [6, 6.07) is 3.72. The molecular weight excluding hydrogens is 190 g/mol. The fourth-order valence-electron chi connectivity index (χ4n) is 1.55. The number of hydrogen-bond acceptors (Lipinski definition) is 4. The highest BCUT2D eigenvalue weighted by atomic mass is 16.4. The first-order valence-electron chi connectivity index (χ1n) is 5.10. The van der Waals surface area contributed by atoms with E-state index >= 15 is 0 Å². The maximum Gasteiger partial charge on any atom is 0.216 e. The van der Waals surface area contributed by atoms with Gasteiger partial charge in [-0.15, -0.1) is 0 Å². The van der Waals surface area contributed by atoms with Gasteiger partial charge in [0.1, 0.15) is 0 Å². The molecule has 0 aliphatic rings. The van der Waals surface area contributed by atoms with E-state index in [9.17, 15) is 0 Å². The van der Waals surface area contributed by atoms with Crippen molar-refractivity contribution in [1.82, 2.24) is 15.3 Å². The lowest BCUT2D eigenvalue weighted by molar-refractivity contribution is 0.323. The summed E-state index contributed by atoms with van der Waals surface area (Å²) in [4.78, 5) is 8.51. The van der Waals surface area contributed by atoms with Gasteiger partial charge in [-0.3, -0.25) is 0 Å². The van der Waals surface area contributed by atoms with Crippen molar-refractivity contribution < 1.29 is 4.42 Å². The van der Waals surface area contributed by atoms with Gasteiger partial charge in [-0.1, -0.05) is 6.92 Å². The third kappa shape index (κ3) is 1.85. The zero-order chi connectivity index (χ0) is 10.9. The van der Waals surface area contributed by atoms with E-state index in [-0.39, 0.29) is 5.54 Å². The van der Waals surface area contributed by atoms with Gasteiger partial charge >= 0.3 is 0 Å². The second kappa shape index (κ2) is 3.62. The summed E-state index contributed by atoms with van der Waals surface area (Å²) in [5.74, 6) is 0.679. The summed E-state index contributed by atoms with van der Waals surface area (Å²) >= 11 is 0. The first-order valence-corrected chi connectivity index (χ1v) is 5.10. The summed E-state index contributed by atoms with van der Waals surface area (Å²) in [7, 11) is 0. The number of oxazole rings is 1. The number of pyridine rings is 1. The van der Waals surface area contributed by atoms with E-state index in [1.54, 1.807) is 6.20 Å². The second-order valence-electron chi connectivity index (χ2n) is 4.00. The predicted octanol–water partition coefficient (Wildman–Crippen LogP) is 2.07. The van der Waals surface area contributed by atoms with Crippen molar-refractivity contribution in [1.29, 1.82) is 0 Å². The molecule has 4 nitrogen and oxygen atoms in total. The molecule has 80 valence electrons. The van der Waals surface area contributed by atoms with Crippen LogP contribution in [-0.2, 0) is 5.54 Å². The largest absolute Gasteiger partial charge is 0.437 e. The quantitative estimate of drug-likeness (QED) is 0.833. The molecule has 0 amide bonds. The van der Waals surface area contributed by atoms with E-state index in [0.717, 1.165) is 12.1 Å². The lowest BCUT2D eigenvalue weighted by atomic mass is 10.1. The van der Waals surface area contributed by atoms with Gasteiger partial charge in [-0.2, -0.15) is 4.98 Å². The molecule has 0 aliphatic heterocycles. The molecule has 2 rings (SSSR count). The van der Waals surface area contributed by atoms with Crippen LogP contribution in [0.5, 0.6) is 0 Å². The molecule has 0 aliphatic carbocycles. The molecule has 15 heavy (non-hydrogen) atoms. The van der Waals surface area contributed by atoms with Gasteiger partial charge in [0, 0.05) is 6.20 Å². The first kappa shape index (κ1) is 10.1. The molecule has 0 unspecified atom stereocenters. The minimum Gasteiger partial charge on any atom is -0.437 e. The van der Waals surface area contributed by atoms with Gasteiger partial charge in [-0.05, 0) is 32.5 Å². The fraction of sp³-hybridized carbons (Fsp3) is 0.455. The van der Waals surface area contributed by atoms with Gasteiger partial charge in [0.15, 0.2) is 11.2 Å². The third-order valence-electron chi connectivity index (χ3n) is 2.32. The molecule has 0 saturated heterocycles. The average molecular weight is 205 g/mol. The highest BCUT2D eigenvalue weighted by Crippen LogP contribution is 2.22. The van der Waals surface area contributed by atoms with Gasteiger partial charge in [0.25, 0.3) is 0 Å². The minimum atomic E-state index is -0.255. The number of nitrogens with one attached hydrogen (secondary N) is 1. The summed E-state index contributed by atoms with van der Waals surface area (Å²) in [6.45, 7) is 7.02. The minimum absolute atomic E-state index is 0.255. The van der Waals surface area contributed by atoms with Crippen molar-refractivity contribution in [3.63, 3.8) is 0 Å².